The van der Waals surface area contributed by atoms with Crippen molar-refractivity contribution < 1.29 is 9.29 Å². The lowest BCUT2D eigenvalue weighted by molar-refractivity contribution is 0.414. The molecule has 0 radical (unpaired) electrons. The van der Waals surface area contributed by atoms with Crippen LogP contribution in [0.3, 0.4) is 0 Å². The normalized spacial score (nSPS) is 12.9. The molecule has 0 fully saturated rings. The van der Waals surface area contributed by atoms with Gasteiger partial charge in [-0.3, -0.25) is 0 Å². The van der Waals surface area contributed by atoms with Crippen LogP contribution in [-0.4, -0.2) is 16.9 Å². The second-order valence-electron chi connectivity index (χ2n) is 3.42. The smallest absolute Gasteiger partial charge is 0.130 e. The Kier molecular flexibility index (Phi) is 4.29. The lowest BCUT2D eigenvalue weighted by atomic mass is 10.2. The minimum absolute atomic E-state index is 0.220. The van der Waals surface area contributed by atoms with Crippen molar-refractivity contribution >= 4 is 11.2 Å². The molecule has 1 aromatic rings. The number of ether oxygens (including phenoxy) is 1. The van der Waals surface area contributed by atoms with Gasteiger partial charge in [-0.2, -0.15) is 0 Å². The van der Waals surface area contributed by atoms with Crippen LogP contribution in [0.5, 0.6) is 5.75 Å². The fourth-order valence-corrected chi connectivity index (χ4v) is 1.91. The van der Waals surface area contributed by atoms with Crippen molar-refractivity contribution in [2.24, 2.45) is 0 Å². The van der Waals surface area contributed by atoms with Gasteiger partial charge in [0.25, 0.3) is 0 Å². The Labute approximate surface area is 88.5 Å². The Morgan fingerprint density at radius 2 is 1.86 bits per heavy atom. The van der Waals surface area contributed by atoms with Gasteiger partial charge in [-0.15, -0.1) is 0 Å². The maximum Gasteiger partial charge on any atom is 0.130 e. The zero-order chi connectivity index (χ0) is 10.6. The third-order valence-electron chi connectivity index (χ3n) is 1.99. The molecule has 0 aliphatic carbocycles. The fraction of sp³-hybridized carbons (Fsp3) is 0.455. The molecule has 14 heavy (non-hydrogen) atoms. The number of rotatable bonds is 4. The van der Waals surface area contributed by atoms with E-state index in [4.69, 9.17) is 4.74 Å². The lowest BCUT2D eigenvalue weighted by Gasteiger charge is -2.14. The molecule has 1 unspecified atom stereocenters. The first-order valence-electron chi connectivity index (χ1n) is 4.63. The van der Waals surface area contributed by atoms with E-state index in [0.717, 1.165) is 11.3 Å². The summed E-state index contributed by atoms with van der Waals surface area (Å²) in [5, 5.41) is 0.220. The van der Waals surface area contributed by atoms with Crippen LogP contribution in [-0.2, 0) is 16.9 Å². The molecule has 0 saturated carbocycles. The molecule has 78 valence electrons. The van der Waals surface area contributed by atoms with Gasteiger partial charge >= 0.3 is 0 Å². The average Bonchev–Trinajstić information content (AvgIpc) is 2.19. The van der Waals surface area contributed by atoms with Crippen molar-refractivity contribution in [2.45, 2.75) is 24.9 Å². The van der Waals surface area contributed by atoms with Crippen LogP contribution in [0.1, 0.15) is 19.4 Å². The van der Waals surface area contributed by atoms with Crippen LogP contribution in [0.25, 0.3) is 0 Å². The number of benzene rings is 1. The Morgan fingerprint density at radius 3 is 2.29 bits per heavy atom. The predicted molar refractivity (Wildman–Crippen MR) is 60.0 cm³/mol. The molecule has 1 aromatic carbocycles. The molecular weight excluding hydrogens is 196 g/mol. The van der Waals surface area contributed by atoms with E-state index in [1.165, 1.54) is 0 Å². The molecule has 0 aromatic heterocycles. The van der Waals surface area contributed by atoms with Crippen molar-refractivity contribution in [1.82, 2.24) is 0 Å². The molecule has 0 N–H and O–H groups in total. The molecule has 0 spiro atoms. The van der Waals surface area contributed by atoms with Crippen molar-refractivity contribution in [1.29, 1.82) is 0 Å². The molecule has 0 bridgehead atoms. The van der Waals surface area contributed by atoms with E-state index in [0.29, 0.717) is 5.75 Å². The Hall–Kier alpha value is -0.670. The van der Waals surface area contributed by atoms with E-state index in [1.807, 2.05) is 38.1 Å². The fourth-order valence-electron chi connectivity index (χ4n) is 1.05. The third kappa shape index (κ3) is 3.24. The van der Waals surface area contributed by atoms with Gasteiger partial charge in [0.2, 0.25) is 0 Å². The van der Waals surface area contributed by atoms with Crippen molar-refractivity contribution in [3.8, 4) is 5.75 Å². The van der Waals surface area contributed by atoms with E-state index in [2.05, 4.69) is 0 Å². The van der Waals surface area contributed by atoms with Crippen molar-refractivity contribution in [2.75, 3.05) is 7.11 Å². The van der Waals surface area contributed by atoms with Crippen LogP contribution >= 0.6 is 0 Å². The van der Waals surface area contributed by atoms with Gasteiger partial charge in [-0.05, 0) is 37.2 Å². The molecule has 0 aliphatic heterocycles. The van der Waals surface area contributed by atoms with Gasteiger partial charge in [0, 0.05) is 5.56 Å². The number of hydrogen-bond acceptors (Lipinski definition) is 2. The van der Waals surface area contributed by atoms with Crippen LogP contribution in [0.4, 0.5) is 0 Å². The highest BCUT2D eigenvalue weighted by molar-refractivity contribution is 7.91. The summed E-state index contributed by atoms with van der Waals surface area (Å²) in [7, 11) is 1.64. The molecule has 0 heterocycles. The molecule has 3 heteroatoms. The topological polar surface area (TPSA) is 32.3 Å². The van der Waals surface area contributed by atoms with Gasteiger partial charge in [0.05, 0.1) is 7.11 Å². The summed E-state index contributed by atoms with van der Waals surface area (Å²) in [5.74, 6) is 1.46. The van der Waals surface area contributed by atoms with E-state index in [-0.39, 0.29) is 5.25 Å². The van der Waals surface area contributed by atoms with Crippen LogP contribution in [0.2, 0.25) is 0 Å². The zero-order valence-corrected chi connectivity index (χ0v) is 9.64. The summed E-state index contributed by atoms with van der Waals surface area (Å²) in [5.41, 5.74) is 1.10. The first-order valence-corrected chi connectivity index (χ1v) is 6.02. The third-order valence-corrected chi connectivity index (χ3v) is 3.66. The first-order chi connectivity index (χ1) is 6.63. The maximum absolute atomic E-state index is 11.5. The molecule has 0 aliphatic rings. The molecular formula is C11H16O2S. The minimum Gasteiger partial charge on any atom is -0.616 e. The average molecular weight is 212 g/mol. The Bertz CT molecular complexity index is 269. The summed E-state index contributed by atoms with van der Waals surface area (Å²) in [6.45, 7) is 3.94. The molecule has 0 saturated heterocycles. The highest BCUT2D eigenvalue weighted by atomic mass is 32.2. The number of hydrogen-bond donors (Lipinski definition) is 0. The van der Waals surface area contributed by atoms with Gasteiger partial charge in [-0.25, -0.2) is 0 Å². The molecule has 2 nitrogen and oxygen atoms in total. The van der Waals surface area contributed by atoms with Gasteiger partial charge in [-0.1, -0.05) is 12.1 Å². The summed E-state index contributed by atoms with van der Waals surface area (Å²) in [4.78, 5) is 0. The quantitative estimate of drug-likeness (QED) is 0.718. The lowest BCUT2D eigenvalue weighted by Crippen LogP contribution is -2.15. The maximum atomic E-state index is 11.5. The van der Waals surface area contributed by atoms with Crippen LogP contribution in [0.15, 0.2) is 24.3 Å². The van der Waals surface area contributed by atoms with E-state index in [1.54, 1.807) is 7.11 Å². The number of methoxy groups -OCH3 is 1. The summed E-state index contributed by atoms with van der Waals surface area (Å²) >= 11 is -0.772. The van der Waals surface area contributed by atoms with E-state index >= 15 is 0 Å². The van der Waals surface area contributed by atoms with Crippen molar-refractivity contribution in [3.05, 3.63) is 29.8 Å². The van der Waals surface area contributed by atoms with Crippen molar-refractivity contribution in [3.63, 3.8) is 0 Å². The zero-order valence-electron chi connectivity index (χ0n) is 8.82. The standard InChI is InChI=1S/C11H16O2S/c1-9(2)14(12)8-10-4-6-11(13-3)7-5-10/h4-7,9H,8H2,1-3H3. The Balaban J connectivity index is 2.59. The second-order valence-corrected chi connectivity index (χ2v) is 5.41. The van der Waals surface area contributed by atoms with Gasteiger partial charge in [0.15, 0.2) is 0 Å². The summed E-state index contributed by atoms with van der Waals surface area (Å²) in [6, 6.07) is 7.71. The van der Waals surface area contributed by atoms with E-state index in [9.17, 15) is 4.55 Å². The Morgan fingerprint density at radius 1 is 1.29 bits per heavy atom. The molecule has 1 rings (SSSR count). The van der Waals surface area contributed by atoms with Gasteiger partial charge < -0.3 is 9.29 Å². The SMILES string of the molecule is COc1ccc(C[S+]([O-])C(C)C)cc1. The van der Waals surface area contributed by atoms with E-state index < -0.39 is 11.2 Å². The molecule has 1 atom stereocenters. The largest absolute Gasteiger partial charge is 0.616 e. The van der Waals surface area contributed by atoms with Crippen LogP contribution < -0.4 is 4.74 Å². The van der Waals surface area contributed by atoms with Crippen LogP contribution in [0, 0.1) is 0 Å². The molecule has 0 amide bonds. The summed E-state index contributed by atoms with van der Waals surface area (Å²) in [6.07, 6.45) is 0. The first kappa shape index (κ1) is 11.4. The predicted octanol–water partition coefficient (Wildman–Crippen LogP) is 2.35. The second kappa shape index (κ2) is 5.27. The van der Waals surface area contributed by atoms with Gasteiger partial charge in [0.1, 0.15) is 16.8 Å². The highest BCUT2D eigenvalue weighted by Crippen LogP contribution is 2.15. The monoisotopic (exact) mass is 212 g/mol. The highest BCUT2D eigenvalue weighted by Gasteiger charge is 2.11. The minimum atomic E-state index is -0.772. The summed E-state index contributed by atoms with van der Waals surface area (Å²) < 4.78 is 16.6.